The van der Waals surface area contributed by atoms with Crippen LogP contribution in [-0.2, 0) is 13.5 Å². The monoisotopic (exact) mass is 266 g/mol. The van der Waals surface area contributed by atoms with Gasteiger partial charge in [0, 0.05) is 25.9 Å². The van der Waals surface area contributed by atoms with Gasteiger partial charge >= 0.3 is 0 Å². The third-order valence-corrected chi connectivity index (χ3v) is 3.77. The van der Waals surface area contributed by atoms with Crippen molar-refractivity contribution in [2.24, 2.45) is 12.9 Å². The van der Waals surface area contributed by atoms with Crippen molar-refractivity contribution < 1.29 is 0 Å². The van der Waals surface area contributed by atoms with Crippen molar-refractivity contribution in [2.45, 2.75) is 32.2 Å². The lowest BCUT2D eigenvalue weighted by Gasteiger charge is -2.15. The quantitative estimate of drug-likeness (QED) is 0.626. The first-order valence-corrected chi connectivity index (χ1v) is 6.65. The zero-order valence-corrected chi connectivity index (χ0v) is 11.6. The largest absolute Gasteiger partial charge is 0.338 e. The summed E-state index contributed by atoms with van der Waals surface area (Å²) in [6.07, 6.45) is 4.44. The standard InChI is InChI=1S/C11H18N6S/c1-7(2)10-11(18-16-15-10)8(14-12)6-9-13-4-5-17(9)3/h4-5,7-8,14H,6,12H2,1-3H3. The molecule has 0 spiro atoms. The molecule has 7 heteroatoms. The predicted octanol–water partition coefficient (Wildman–Crippen LogP) is 1.14. The molecule has 0 aliphatic rings. The molecule has 0 radical (unpaired) electrons. The Morgan fingerprint density at radius 3 is 2.83 bits per heavy atom. The highest BCUT2D eigenvalue weighted by atomic mass is 32.1. The van der Waals surface area contributed by atoms with E-state index in [0.29, 0.717) is 5.92 Å². The molecule has 2 heterocycles. The molecule has 1 unspecified atom stereocenters. The lowest BCUT2D eigenvalue weighted by Crippen LogP contribution is -2.30. The Balaban J connectivity index is 2.23. The number of aryl methyl sites for hydroxylation is 1. The first kappa shape index (κ1) is 13.1. The fraction of sp³-hybridized carbons (Fsp3) is 0.545. The van der Waals surface area contributed by atoms with Crippen LogP contribution in [0.4, 0.5) is 0 Å². The molecule has 0 aliphatic carbocycles. The van der Waals surface area contributed by atoms with Gasteiger partial charge in [-0.3, -0.25) is 11.3 Å². The average Bonchev–Trinajstić information content (AvgIpc) is 2.95. The van der Waals surface area contributed by atoms with E-state index in [0.717, 1.165) is 22.8 Å². The van der Waals surface area contributed by atoms with Gasteiger partial charge in [0.2, 0.25) is 0 Å². The molecule has 0 saturated carbocycles. The minimum absolute atomic E-state index is 0.00324. The van der Waals surface area contributed by atoms with Gasteiger partial charge in [-0.1, -0.05) is 18.3 Å². The number of imidazole rings is 1. The Morgan fingerprint density at radius 2 is 2.28 bits per heavy atom. The number of hydrazine groups is 1. The van der Waals surface area contributed by atoms with Gasteiger partial charge in [0.15, 0.2) is 0 Å². The summed E-state index contributed by atoms with van der Waals surface area (Å²) in [6, 6.07) is 0.00324. The van der Waals surface area contributed by atoms with Crippen molar-refractivity contribution in [1.29, 1.82) is 0 Å². The molecule has 2 rings (SSSR count). The molecule has 0 saturated heterocycles. The zero-order valence-electron chi connectivity index (χ0n) is 10.8. The Bertz CT molecular complexity index is 503. The van der Waals surface area contributed by atoms with Crippen molar-refractivity contribution in [3.63, 3.8) is 0 Å². The molecule has 98 valence electrons. The van der Waals surface area contributed by atoms with Crippen LogP contribution in [0.5, 0.6) is 0 Å². The minimum atomic E-state index is 0.00324. The number of rotatable bonds is 5. The van der Waals surface area contributed by atoms with Crippen LogP contribution in [0, 0.1) is 0 Å². The smallest absolute Gasteiger partial charge is 0.110 e. The van der Waals surface area contributed by atoms with Crippen LogP contribution in [0.15, 0.2) is 12.4 Å². The van der Waals surface area contributed by atoms with Gasteiger partial charge in [0.1, 0.15) is 5.82 Å². The lowest BCUT2D eigenvalue weighted by atomic mass is 10.0. The Labute approximate surface area is 110 Å². The summed E-state index contributed by atoms with van der Waals surface area (Å²) >= 11 is 1.40. The molecule has 0 amide bonds. The fourth-order valence-electron chi connectivity index (χ4n) is 1.85. The summed E-state index contributed by atoms with van der Waals surface area (Å²) in [5, 5.41) is 4.18. The number of nitrogens with one attached hydrogen (secondary N) is 1. The molecule has 1 atom stereocenters. The van der Waals surface area contributed by atoms with Crippen molar-refractivity contribution in [1.82, 2.24) is 24.6 Å². The summed E-state index contributed by atoms with van der Waals surface area (Å²) in [5.74, 6) is 6.99. The second kappa shape index (κ2) is 5.55. The van der Waals surface area contributed by atoms with Crippen molar-refractivity contribution in [2.75, 3.05) is 0 Å². The summed E-state index contributed by atoms with van der Waals surface area (Å²) in [7, 11) is 1.98. The second-order valence-electron chi connectivity index (χ2n) is 4.55. The SMILES string of the molecule is CC(C)c1nnsc1C(Cc1nccn1C)NN. The van der Waals surface area contributed by atoms with E-state index in [9.17, 15) is 0 Å². The van der Waals surface area contributed by atoms with E-state index >= 15 is 0 Å². The molecular formula is C11H18N6S. The van der Waals surface area contributed by atoms with Gasteiger partial charge in [0.25, 0.3) is 0 Å². The van der Waals surface area contributed by atoms with E-state index in [1.165, 1.54) is 11.5 Å². The summed E-state index contributed by atoms with van der Waals surface area (Å²) in [4.78, 5) is 5.41. The molecule has 0 aromatic carbocycles. The number of hydrogen-bond acceptors (Lipinski definition) is 6. The van der Waals surface area contributed by atoms with Gasteiger partial charge in [0.05, 0.1) is 16.6 Å². The highest BCUT2D eigenvalue weighted by Gasteiger charge is 2.21. The first-order chi connectivity index (χ1) is 8.63. The third kappa shape index (κ3) is 2.58. The molecule has 18 heavy (non-hydrogen) atoms. The topological polar surface area (TPSA) is 81.7 Å². The van der Waals surface area contributed by atoms with E-state index in [1.54, 1.807) is 6.20 Å². The Morgan fingerprint density at radius 1 is 1.50 bits per heavy atom. The zero-order chi connectivity index (χ0) is 13.1. The van der Waals surface area contributed by atoms with E-state index in [1.807, 2.05) is 17.8 Å². The van der Waals surface area contributed by atoms with Gasteiger partial charge < -0.3 is 4.57 Å². The number of hydrogen-bond donors (Lipinski definition) is 2. The molecule has 3 N–H and O–H groups in total. The van der Waals surface area contributed by atoms with E-state index in [2.05, 4.69) is 33.8 Å². The van der Waals surface area contributed by atoms with Crippen LogP contribution in [-0.4, -0.2) is 19.1 Å². The molecule has 2 aromatic rings. The van der Waals surface area contributed by atoms with Crippen LogP contribution in [0.25, 0.3) is 0 Å². The molecule has 0 aliphatic heterocycles. The molecular weight excluding hydrogens is 248 g/mol. The van der Waals surface area contributed by atoms with Crippen LogP contribution in [0.2, 0.25) is 0 Å². The fourth-order valence-corrected chi connectivity index (χ4v) is 2.72. The Hall–Kier alpha value is -1.31. The first-order valence-electron chi connectivity index (χ1n) is 5.88. The number of nitrogens with two attached hydrogens (primary N) is 1. The summed E-state index contributed by atoms with van der Waals surface area (Å²) in [5.41, 5.74) is 3.85. The molecule has 0 fully saturated rings. The van der Waals surface area contributed by atoms with Gasteiger partial charge in [-0.05, 0) is 17.5 Å². The van der Waals surface area contributed by atoms with Gasteiger partial charge in [-0.25, -0.2) is 4.98 Å². The predicted molar refractivity (Wildman–Crippen MR) is 71.0 cm³/mol. The molecule has 6 nitrogen and oxygen atoms in total. The lowest BCUT2D eigenvalue weighted by molar-refractivity contribution is 0.530. The minimum Gasteiger partial charge on any atom is -0.338 e. The van der Waals surface area contributed by atoms with E-state index in [4.69, 9.17) is 5.84 Å². The maximum absolute atomic E-state index is 5.66. The maximum Gasteiger partial charge on any atom is 0.110 e. The highest BCUT2D eigenvalue weighted by Crippen LogP contribution is 2.27. The van der Waals surface area contributed by atoms with Crippen molar-refractivity contribution in [3.05, 3.63) is 28.8 Å². The average molecular weight is 266 g/mol. The molecule has 0 bridgehead atoms. The van der Waals surface area contributed by atoms with Crippen molar-refractivity contribution >= 4 is 11.5 Å². The Kier molecular flexibility index (Phi) is 4.05. The van der Waals surface area contributed by atoms with Gasteiger partial charge in [-0.15, -0.1) is 5.10 Å². The van der Waals surface area contributed by atoms with E-state index < -0.39 is 0 Å². The maximum atomic E-state index is 5.66. The van der Waals surface area contributed by atoms with Crippen LogP contribution < -0.4 is 11.3 Å². The summed E-state index contributed by atoms with van der Waals surface area (Å²) in [6.45, 7) is 4.21. The number of aromatic nitrogens is 4. The normalized spacial score (nSPS) is 13.2. The highest BCUT2D eigenvalue weighted by molar-refractivity contribution is 7.05. The summed E-state index contributed by atoms with van der Waals surface area (Å²) < 4.78 is 6.03. The van der Waals surface area contributed by atoms with Crippen LogP contribution >= 0.6 is 11.5 Å². The van der Waals surface area contributed by atoms with Crippen LogP contribution in [0.3, 0.4) is 0 Å². The van der Waals surface area contributed by atoms with Crippen LogP contribution in [0.1, 0.15) is 42.2 Å². The molecule has 2 aromatic heterocycles. The third-order valence-electron chi connectivity index (χ3n) is 2.91. The van der Waals surface area contributed by atoms with Crippen molar-refractivity contribution in [3.8, 4) is 0 Å². The van der Waals surface area contributed by atoms with Gasteiger partial charge in [-0.2, -0.15) is 0 Å². The number of nitrogens with zero attached hydrogens (tertiary/aromatic N) is 4. The second-order valence-corrected chi connectivity index (χ2v) is 5.34. The van der Waals surface area contributed by atoms with E-state index in [-0.39, 0.29) is 6.04 Å².